The number of hydrogen-bond donors (Lipinski definition) is 1. The number of fused-ring (bicyclic) bond motifs is 2. The lowest BCUT2D eigenvalue weighted by molar-refractivity contribution is -0.170. The highest BCUT2D eigenvalue weighted by Gasteiger charge is 2.51. The first-order chi connectivity index (χ1) is 9.24. The maximum Gasteiger partial charge on any atom is 0.274 e. The van der Waals surface area contributed by atoms with Crippen LogP contribution in [0, 0.1) is 0 Å². The topological polar surface area (TPSA) is 63.2 Å². The Labute approximate surface area is 111 Å². The Hall–Kier alpha value is -1.76. The second-order valence-corrected chi connectivity index (χ2v) is 4.32. The molecule has 2 aliphatic rings. The third-order valence-electron chi connectivity index (χ3n) is 3.44. The number of benzene rings is 1. The van der Waals surface area contributed by atoms with E-state index in [1.807, 2.05) is 18.2 Å². The Balaban J connectivity index is 2.28. The van der Waals surface area contributed by atoms with Gasteiger partial charge in [-0.15, -0.1) is 0 Å². The van der Waals surface area contributed by atoms with E-state index in [1.54, 1.807) is 20.3 Å². The molecular weight excluding hydrogens is 246 g/mol. The molecule has 2 aliphatic heterocycles. The van der Waals surface area contributed by atoms with Gasteiger partial charge in [0.05, 0.1) is 12.1 Å². The minimum Gasteiger partial charge on any atom is -0.343 e. The van der Waals surface area contributed by atoms with Crippen molar-refractivity contribution in [2.45, 2.75) is 5.79 Å². The predicted molar refractivity (Wildman–Crippen MR) is 68.6 cm³/mol. The smallest absolute Gasteiger partial charge is 0.274 e. The van der Waals surface area contributed by atoms with Crippen molar-refractivity contribution in [3.8, 4) is 0 Å². The highest BCUT2D eigenvalue weighted by molar-refractivity contribution is 6.13. The number of aliphatic imine (C=N–C) groups is 1. The summed E-state index contributed by atoms with van der Waals surface area (Å²) in [6.45, 7) is 1.19. The molecule has 2 heterocycles. The van der Waals surface area contributed by atoms with Gasteiger partial charge in [0, 0.05) is 26.3 Å². The number of nitrogens with one attached hydrogen (secondary N) is 1. The van der Waals surface area contributed by atoms with Crippen LogP contribution in [-0.4, -0.2) is 44.1 Å². The second-order valence-electron chi connectivity index (χ2n) is 4.32. The first-order valence-electron chi connectivity index (χ1n) is 6.07. The van der Waals surface area contributed by atoms with E-state index in [1.165, 1.54) is 5.01 Å². The van der Waals surface area contributed by atoms with Gasteiger partial charge in [0.1, 0.15) is 0 Å². The van der Waals surface area contributed by atoms with Crippen LogP contribution in [0.2, 0.25) is 0 Å². The number of hydrogen-bond acceptors (Lipinski definition) is 5. The summed E-state index contributed by atoms with van der Waals surface area (Å²) in [7, 11) is 3.09. The van der Waals surface area contributed by atoms with Crippen LogP contribution in [0.5, 0.6) is 0 Å². The summed E-state index contributed by atoms with van der Waals surface area (Å²) in [5.74, 6) is -0.830. The normalized spacial score (nSPS) is 20.6. The summed E-state index contributed by atoms with van der Waals surface area (Å²) in [6.07, 6.45) is 0. The molecule has 0 bridgehead atoms. The predicted octanol–water partition coefficient (Wildman–Crippen LogP) is 0.505. The molecule has 6 heteroatoms. The van der Waals surface area contributed by atoms with Crippen LogP contribution in [0.25, 0.3) is 0 Å². The Morgan fingerprint density at radius 2 is 2.05 bits per heavy atom. The van der Waals surface area contributed by atoms with Gasteiger partial charge in [-0.3, -0.25) is 9.79 Å². The molecule has 0 unspecified atom stereocenters. The molecule has 1 aromatic carbocycles. The van der Waals surface area contributed by atoms with Gasteiger partial charge >= 0.3 is 0 Å². The van der Waals surface area contributed by atoms with Crippen LogP contribution in [0.15, 0.2) is 29.3 Å². The maximum absolute atomic E-state index is 12.4. The quantitative estimate of drug-likeness (QED) is 0.788. The fourth-order valence-corrected chi connectivity index (χ4v) is 2.57. The highest BCUT2D eigenvalue weighted by atomic mass is 16.7. The summed E-state index contributed by atoms with van der Waals surface area (Å²) in [4.78, 5) is 16.8. The fraction of sp³-hybridized carbons (Fsp3) is 0.385. The lowest BCUT2D eigenvalue weighted by atomic mass is 9.93. The molecule has 0 fully saturated rings. The average Bonchev–Trinajstić information content (AvgIpc) is 2.49. The molecular formula is C13H15N3O3. The maximum atomic E-state index is 12.4. The highest BCUT2D eigenvalue weighted by Crippen LogP contribution is 2.36. The van der Waals surface area contributed by atoms with E-state index in [9.17, 15) is 4.79 Å². The van der Waals surface area contributed by atoms with Gasteiger partial charge in [0.25, 0.3) is 11.7 Å². The van der Waals surface area contributed by atoms with Gasteiger partial charge < -0.3 is 9.47 Å². The molecule has 0 saturated heterocycles. The van der Waals surface area contributed by atoms with Gasteiger partial charge in [0.2, 0.25) is 0 Å². The van der Waals surface area contributed by atoms with Crippen molar-refractivity contribution in [3.05, 3.63) is 35.4 Å². The van der Waals surface area contributed by atoms with Crippen LogP contribution >= 0.6 is 0 Å². The van der Waals surface area contributed by atoms with Crippen molar-refractivity contribution in [3.63, 3.8) is 0 Å². The molecule has 1 N–H and O–H groups in total. The molecule has 19 heavy (non-hydrogen) atoms. The monoisotopic (exact) mass is 261 g/mol. The van der Waals surface area contributed by atoms with Gasteiger partial charge in [0.15, 0.2) is 5.84 Å². The zero-order valence-corrected chi connectivity index (χ0v) is 10.8. The zero-order chi connectivity index (χ0) is 13.5. The number of ether oxygens (including phenoxy) is 2. The van der Waals surface area contributed by atoms with Crippen LogP contribution in [0.1, 0.15) is 15.9 Å². The van der Waals surface area contributed by atoms with Crippen molar-refractivity contribution in [1.82, 2.24) is 10.4 Å². The van der Waals surface area contributed by atoms with Crippen LogP contribution in [-0.2, 0) is 15.3 Å². The van der Waals surface area contributed by atoms with Gasteiger partial charge in [-0.2, -0.15) is 0 Å². The average molecular weight is 261 g/mol. The van der Waals surface area contributed by atoms with Gasteiger partial charge in [-0.05, 0) is 6.07 Å². The number of methoxy groups -OCH3 is 2. The van der Waals surface area contributed by atoms with E-state index >= 15 is 0 Å². The first-order valence-corrected chi connectivity index (χ1v) is 6.07. The molecule has 1 amide bonds. The molecule has 0 spiro atoms. The van der Waals surface area contributed by atoms with Crippen LogP contribution in [0.4, 0.5) is 0 Å². The van der Waals surface area contributed by atoms with E-state index in [2.05, 4.69) is 10.4 Å². The molecule has 100 valence electrons. The molecule has 0 atom stereocenters. The number of carbonyl (C=O) groups is 1. The molecule has 0 aromatic heterocycles. The Bertz CT molecular complexity index is 552. The summed E-state index contributed by atoms with van der Waals surface area (Å²) in [5.41, 5.74) is 4.27. The van der Waals surface area contributed by atoms with Crippen LogP contribution in [0.3, 0.4) is 0 Å². The minimum absolute atomic E-state index is 0.140. The standard InChI is InChI=1S/C13H15N3O3/c1-18-13(19-2)10-6-4-3-5-9(10)11(17)16-12(13)14-7-8-15-16/h3-6,15H,7-8H2,1-2H3. The van der Waals surface area contributed by atoms with Crippen molar-refractivity contribution in [2.75, 3.05) is 27.3 Å². The SMILES string of the molecule is COC1(OC)C2=NCCNN2C(=O)c2ccccc21. The number of amidine groups is 1. The lowest BCUT2D eigenvalue weighted by Gasteiger charge is -2.43. The number of carbonyl (C=O) groups excluding carboxylic acids is 1. The Kier molecular flexibility index (Phi) is 2.85. The van der Waals surface area contributed by atoms with Crippen molar-refractivity contribution in [2.24, 2.45) is 4.99 Å². The summed E-state index contributed by atoms with van der Waals surface area (Å²) >= 11 is 0. The van der Waals surface area contributed by atoms with Gasteiger partial charge in [-0.25, -0.2) is 10.4 Å². The first kappa shape index (κ1) is 12.3. The van der Waals surface area contributed by atoms with E-state index in [-0.39, 0.29) is 5.91 Å². The largest absolute Gasteiger partial charge is 0.343 e. The van der Waals surface area contributed by atoms with E-state index < -0.39 is 5.79 Å². The van der Waals surface area contributed by atoms with E-state index in [0.29, 0.717) is 30.1 Å². The fourth-order valence-electron chi connectivity index (χ4n) is 2.57. The minimum atomic E-state index is -1.14. The van der Waals surface area contributed by atoms with Crippen molar-refractivity contribution in [1.29, 1.82) is 0 Å². The number of amides is 1. The summed E-state index contributed by atoms with van der Waals surface area (Å²) in [6, 6.07) is 7.26. The molecule has 0 radical (unpaired) electrons. The second kappa shape index (κ2) is 4.41. The molecule has 0 saturated carbocycles. The Morgan fingerprint density at radius 1 is 1.32 bits per heavy atom. The molecule has 0 aliphatic carbocycles. The number of hydrazine groups is 1. The van der Waals surface area contributed by atoms with E-state index in [4.69, 9.17) is 9.47 Å². The molecule has 6 nitrogen and oxygen atoms in total. The van der Waals surface area contributed by atoms with Crippen LogP contribution < -0.4 is 5.43 Å². The Morgan fingerprint density at radius 3 is 2.79 bits per heavy atom. The summed E-state index contributed by atoms with van der Waals surface area (Å²) < 4.78 is 11.2. The third-order valence-corrected chi connectivity index (χ3v) is 3.44. The zero-order valence-electron chi connectivity index (χ0n) is 10.8. The molecule has 3 rings (SSSR count). The van der Waals surface area contributed by atoms with E-state index in [0.717, 1.165) is 0 Å². The van der Waals surface area contributed by atoms with Crippen molar-refractivity contribution >= 4 is 11.7 Å². The third kappa shape index (κ3) is 1.54. The lowest BCUT2D eigenvalue weighted by Crippen LogP contribution is -2.63. The summed E-state index contributed by atoms with van der Waals surface area (Å²) in [5, 5.41) is 1.42. The number of nitrogens with zero attached hydrogens (tertiary/aromatic N) is 2. The van der Waals surface area contributed by atoms with Crippen molar-refractivity contribution < 1.29 is 14.3 Å². The molecule has 1 aromatic rings. The number of rotatable bonds is 2. The van der Waals surface area contributed by atoms with Gasteiger partial charge in [-0.1, -0.05) is 18.2 Å².